The Hall–Kier alpha value is -0.120. The summed E-state index contributed by atoms with van der Waals surface area (Å²) in [6, 6.07) is -0.486. The molecule has 0 aromatic heterocycles. The molecular weight excluding hydrogens is 94.0 g/mol. The van der Waals surface area contributed by atoms with Crippen LogP contribution in [0.4, 0.5) is 0 Å². The van der Waals surface area contributed by atoms with E-state index in [0.29, 0.717) is 0 Å². The monoisotopic (exact) mass is 105 g/mol. The van der Waals surface area contributed by atoms with E-state index in [2.05, 4.69) is 0 Å². The average molecular weight is 105 g/mol. The highest BCUT2D eigenvalue weighted by atomic mass is 16.3. The van der Waals surface area contributed by atoms with E-state index in [9.17, 15) is 0 Å². The molecule has 0 fully saturated rings. The van der Waals surface area contributed by atoms with E-state index < -0.39 is 12.1 Å². The van der Waals surface area contributed by atoms with E-state index in [1.165, 1.54) is 0 Å². The Morgan fingerprint density at radius 2 is 2.14 bits per heavy atom. The van der Waals surface area contributed by atoms with Crippen molar-refractivity contribution in [1.82, 2.24) is 0 Å². The Morgan fingerprint density at radius 3 is 2.14 bits per heavy atom. The molecule has 0 spiro atoms. The van der Waals surface area contributed by atoms with Gasteiger partial charge in [-0.1, -0.05) is 0 Å². The number of nitrogens with two attached hydrogens (primary N) is 1. The highest BCUT2D eigenvalue weighted by Gasteiger charge is 2.04. The molecule has 0 saturated carbocycles. The molecule has 44 valence electrons. The van der Waals surface area contributed by atoms with Gasteiger partial charge < -0.3 is 15.9 Å². The minimum Gasteiger partial charge on any atom is -0.395 e. The zero-order valence-electron chi connectivity index (χ0n) is 4.33. The molecule has 7 heavy (non-hydrogen) atoms. The molecule has 0 aromatic carbocycles. The fraction of sp³-hybridized carbons (Fsp3) is 1.00. The summed E-state index contributed by atoms with van der Waals surface area (Å²) in [5, 5.41) is 16.8. The maximum atomic E-state index is 8.54. The molecule has 0 rings (SSSR count). The quantitative estimate of drug-likeness (QED) is 0.408. The van der Waals surface area contributed by atoms with Gasteiger partial charge in [-0.3, -0.25) is 0 Å². The van der Waals surface area contributed by atoms with Gasteiger partial charge in [0.15, 0.2) is 0 Å². The van der Waals surface area contributed by atoms with E-state index in [-0.39, 0.29) is 6.61 Å². The number of rotatable bonds is 2. The fourth-order valence-corrected chi connectivity index (χ4v) is 0.153. The van der Waals surface area contributed by atoms with Crippen LogP contribution in [0.5, 0.6) is 0 Å². The smallest absolute Gasteiger partial charge is 0.0685 e. The summed E-state index contributed by atoms with van der Waals surface area (Å²) >= 11 is 0. The van der Waals surface area contributed by atoms with Gasteiger partial charge >= 0.3 is 0 Å². The molecule has 3 nitrogen and oxygen atoms in total. The number of hydrogen-bond donors (Lipinski definition) is 3. The first-order chi connectivity index (χ1) is 3.18. The van der Waals surface area contributed by atoms with Gasteiger partial charge in [-0.15, -0.1) is 0 Å². The second kappa shape index (κ2) is 2.96. The van der Waals surface area contributed by atoms with Gasteiger partial charge in [-0.2, -0.15) is 0 Å². The molecule has 0 aliphatic rings. The van der Waals surface area contributed by atoms with Gasteiger partial charge in [-0.05, 0) is 6.92 Å². The van der Waals surface area contributed by atoms with Crippen molar-refractivity contribution in [2.24, 2.45) is 5.73 Å². The molecule has 0 heterocycles. The maximum Gasteiger partial charge on any atom is 0.0685 e. The van der Waals surface area contributed by atoms with Crippen LogP contribution in [-0.2, 0) is 0 Å². The molecule has 0 saturated heterocycles. The van der Waals surface area contributed by atoms with E-state index in [1.54, 1.807) is 6.92 Å². The molecule has 0 radical (unpaired) electrons. The van der Waals surface area contributed by atoms with Crippen molar-refractivity contribution in [2.75, 3.05) is 6.61 Å². The second-order valence-electron chi connectivity index (χ2n) is 1.59. The first kappa shape index (κ1) is 6.88. The lowest BCUT2D eigenvalue weighted by Crippen LogP contribution is -2.35. The van der Waals surface area contributed by atoms with Gasteiger partial charge in [-0.25, -0.2) is 0 Å². The van der Waals surface area contributed by atoms with Crippen LogP contribution >= 0.6 is 0 Å². The van der Waals surface area contributed by atoms with Crippen LogP contribution in [0.25, 0.3) is 0 Å². The first-order valence-corrected chi connectivity index (χ1v) is 2.23. The molecule has 0 aromatic rings. The largest absolute Gasteiger partial charge is 0.395 e. The third kappa shape index (κ3) is 2.56. The Balaban J connectivity index is 3.14. The zero-order chi connectivity index (χ0) is 5.86. The molecule has 0 aliphatic heterocycles. The normalized spacial score (nSPS) is 18.9. The van der Waals surface area contributed by atoms with Crippen LogP contribution in [0.2, 0.25) is 0 Å². The lowest BCUT2D eigenvalue weighted by atomic mass is 10.2. The van der Waals surface area contributed by atoms with Gasteiger partial charge in [0.2, 0.25) is 0 Å². The fourth-order valence-electron chi connectivity index (χ4n) is 0.153. The summed E-state index contributed by atoms with van der Waals surface area (Å²) in [6.45, 7) is 1.39. The third-order valence-electron chi connectivity index (χ3n) is 0.830. The van der Waals surface area contributed by atoms with Crippen LogP contribution in [0, 0.1) is 0 Å². The summed E-state index contributed by atoms with van der Waals surface area (Å²) in [5.41, 5.74) is 5.12. The molecule has 2 atom stereocenters. The zero-order valence-corrected chi connectivity index (χ0v) is 4.33. The average Bonchev–Trinajstić information content (AvgIpc) is 1.65. The Kier molecular flexibility index (Phi) is 2.91. The standard InChI is InChI=1S/C4H11NO2/c1-3(7)4(5)2-6/h3-4,6-7H,2,5H2,1H3/t3-,4?/m0/s1. The molecule has 3 heteroatoms. The molecule has 0 amide bonds. The van der Waals surface area contributed by atoms with Crippen molar-refractivity contribution in [3.8, 4) is 0 Å². The van der Waals surface area contributed by atoms with Gasteiger partial charge in [0.05, 0.1) is 18.8 Å². The number of hydrogen-bond acceptors (Lipinski definition) is 3. The molecule has 1 unspecified atom stereocenters. The van der Waals surface area contributed by atoms with Gasteiger partial charge in [0.25, 0.3) is 0 Å². The molecule has 4 N–H and O–H groups in total. The summed E-state index contributed by atoms with van der Waals surface area (Å²) in [6.07, 6.45) is -0.606. The highest BCUT2D eigenvalue weighted by Crippen LogP contribution is 1.83. The van der Waals surface area contributed by atoms with Crippen molar-refractivity contribution < 1.29 is 10.2 Å². The van der Waals surface area contributed by atoms with E-state index in [4.69, 9.17) is 15.9 Å². The Bertz CT molecular complexity index is 47.0. The Morgan fingerprint density at radius 1 is 1.71 bits per heavy atom. The lowest BCUT2D eigenvalue weighted by molar-refractivity contribution is 0.123. The summed E-state index contributed by atoms with van der Waals surface area (Å²) in [7, 11) is 0. The van der Waals surface area contributed by atoms with Crippen LogP contribution in [0.15, 0.2) is 0 Å². The van der Waals surface area contributed by atoms with Crippen LogP contribution in [-0.4, -0.2) is 29.0 Å². The minimum atomic E-state index is -0.606. The van der Waals surface area contributed by atoms with Crippen LogP contribution in [0.1, 0.15) is 6.92 Å². The van der Waals surface area contributed by atoms with Crippen molar-refractivity contribution in [3.05, 3.63) is 0 Å². The van der Waals surface area contributed by atoms with Crippen molar-refractivity contribution >= 4 is 0 Å². The maximum absolute atomic E-state index is 8.54. The van der Waals surface area contributed by atoms with Crippen molar-refractivity contribution in [1.29, 1.82) is 0 Å². The lowest BCUT2D eigenvalue weighted by Gasteiger charge is -2.08. The Labute approximate surface area is 42.8 Å². The van der Waals surface area contributed by atoms with Crippen LogP contribution < -0.4 is 5.73 Å². The summed E-state index contributed by atoms with van der Waals surface area (Å²) in [4.78, 5) is 0. The summed E-state index contributed by atoms with van der Waals surface area (Å²) in [5.74, 6) is 0. The van der Waals surface area contributed by atoms with E-state index in [0.717, 1.165) is 0 Å². The predicted octanol–water partition coefficient (Wildman–Crippen LogP) is -1.31. The van der Waals surface area contributed by atoms with E-state index in [1.807, 2.05) is 0 Å². The second-order valence-corrected chi connectivity index (χ2v) is 1.59. The molecule has 0 bridgehead atoms. The van der Waals surface area contributed by atoms with Gasteiger partial charge in [0.1, 0.15) is 0 Å². The molecular formula is C4H11NO2. The highest BCUT2D eigenvalue weighted by molar-refractivity contribution is 4.63. The van der Waals surface area contributed by atoms with Crippen LogP contribution in [0.3, 0.4) is 0 Å². The molecule has 0 aliphatic carbocycles. The van der Waals surface area contributed by atoms with Crippen molar-refractivity contribution in [3.63, 3.8) is 0 Å². The van der Waals surface area contributed by atoms with Crippen molar-refractivity contribution in [2.45, 2.75) is 19.1 Å². The van der Waals surface area contributed by atoms with E-state index >= 15 is 0 Å². The minimum absolute atomic E-state index is 0.155. The third-order valence-corrected chi connectivity index (χ3v) is 0.830. The number of aliphatic hydroxyl groups is 2. The first-order valence-electron chi connectivity index (χ1n) is 2.23. The SMILES string of the molecule is C[C@H](O)C(N)CO. The predicted molar refractivity (Wildman–Crippen MR) is 26.7 cm³/mol. The topological polar surface area (TPSA) is 66.5 Å². The summed E-state index contributed by atoms with van der Waals surface area (Å²) < 4.78 is 0. The van der Waals surface area contributed by atoms with Gasteiger partial charge in [0, 0.05) is 0 Å². The number of aliphatic hydroxyl groups excluding tert-OH is 2.